The van der Waals surface area contributed by atoms with Crippen LogP contribution in [0, 0.1) is 0 Å². The molecule has 1 heterocycles. The van der Waals surface area contributed by atoms with Crippen LogP contribution in [-0.4, -0.2) is 34.5 Å². The average molecular weight is 345 g/mol. The van der Waals surface area contributed by atoms with Gasteiger partial charge >= 0.3 is 12.1 Å². The van der Waals surface area contributed by atoms with Crippen molar-refractivity contribution >= 4 is 18.0 Å². The first-order valence-electron chi connectivity index (χ1n) is 7.60. The van der Waals surface area contributed by atoms with Crippen LogP contribution in [0.4, 0.5) is 4.79 Å². The molecular formula is C17H19N3O5. The van der Waals surface area contributed by atoms with Crippen molar-refractivity contribution in [2.24, 2.45) is 0 Å². The fourth-order valence-electron chi connectivity index (χ4n) is 2.16. The van der Waals surface area contributed by atoms with Crippen LogP contribution in [0.1, 0.15) is 18.9 Å². The van der Waals surface area contributed by atoms with Gasteiger partial charge in [-0.1, -0.05) is 36.4 Å². The van der Waals surface area contributed by atoms with E-state index in [1.807, 2.05) is 30.3 Å². The van der Waals surface area contributed by atoms with Gasteiger partial charge in [0.25, 0.3) is 5.91 Å². The number of rotatable bonds is 6. The second-order valence-corrected chi connectivity index (χ2v) is 5.30. The monoisotopic (exact) mass is 345 g/mol. The molecule has 0 unspecified atom stereocenters. The SMILES string of the molecule is CC1=CCC=C(NNC(=O)OCc2ccccc2)C(=O)N1CC(=O)O. The molecule has 0 saturated carbocycles. The molecule has 0 radical (unpaired) electrons. The maximum Gasteiger partial charge on any atom is 0.426 e. The molecule has 132 valence electrons. The van der Waals surface area contributed by atoms with Crippen LogP contribution in [0.15, 0.2) is 53.9 Å². The molecule has 2 amide bonds. The summed E-state index contributed by atoms with van der Waals surface area (Å²) < 4.78 is 5.03. The zero-order valence-electron chi connectivity index (χ0n) is 13.7. The van der Waals surface area contributed by atoms with E-state index in [1.54, 1.807) is 19.1 Å². The molecule has 2 rings (SSSR count). The summed E-state index contributed by atoms with van der Waals surface area (Å²) in [5, 5.41) is 8.93. The standard InChI is InChI=1S/C17H19N3O5/c1-12-6-5-9-14(16(23)20(12)10-15(21)22)18-19-17(24)25-11-13-7-3-2-4-8-13/h2-4,6-9,18H,5,10-11H2,1H3,(H,19,24)(H,21,22). The van der Waals surface area contributed by atoms with Crippen LogP contribution in [0.2, 0.25) is 0 Å². The molecule has 25 heavy (non-hydrogen) atoms. The average Bonchev–Trinajstić information content (AvgIpc) is 2.72. The molecule has 0 bridgehead atoms. The Morgan fingerprint density at radius 2 is 1.96 bits per heavy atom. The van der Waals surface area contributed by atoms with Gasteiger partial charge in [-0.15, -0.1) is 0 Å². The summed E-state index contributed by atoms with van der Waals surface area (Å²) in [7, 11) is 0. The number of aliphatic carboxylic acids is 1. The normalized spacial score (nSPS) is 14.1. The van der Waals surface area contributed by atoms with Gasteiger partial charge in [0.05, 0.1) is 0 Å². The summed E-state index contributed by atoms with van der Waals surface area (Å²) in [6.07, 6.45) is 2.96. The first-order valence-corrected chi connectivity index (χ1v) is 7.60. The minimum atomic E-state index is -1.13. The molecule has 0 atom stereocenters. The van der Waals surface area contributed by atoms with Crippen molar-refractivity contribution in [3.05, 3.63) is 59.4 Å². The lowest BCUT2D eigenvalue weighted by molar-refractivity contribution is -0.141. The highest BCUT2D eigenvalue weighted by Gasteiger charge is 2.24. The first-order chi connectivity index (χ1) is 12.0. The number of amides is 2. The van der Waals surface area contributed by atoms with Gasteiger partial charge in [0.1, 0.15) is 18.8 Å². The molecular weight excluding hydrogens is 326 g/mol. The first kappa shape index (κ1) is 18.1. The van der Waals surface area contributed by atoms with E-state index in [0.717, 1.165) is 10.5 Å². The molecule has 0 saturated heterocycles. The Labute approximate surface area is 144 Å². The zero-order valence-corrected chi connectivity index (χ0v) is 13.7. The minimum absolute atomic E-state index is 0.0750. The highest BCUT2D eigenvalue weighted by molar-refractivity contribution is 5.96. The van der Waals surface area contributed by atoms with Crippen molar-refractivity contribution in [3.8, 4) is 0 Å². The molecule has 0 aliphatic carbocycles. The Hall–Kier alpha value is -3.29. The number of hydrogen-bond donors (Lipinski definition) is 3. The van der Waals surface area contributed by atoms with Gasteiger partial charge in [-0.2, -0.15) is 0 Å². The smallest absolute Gasteiger partial charge is 0.426 e. The maximum atomic E-state index is 12.4. The van der Waals surface area contributed by atoms with Crippen molar-refractivity contribution in [1.29, 1.82) is 0 Å². The number of hydrazine groups is 1. The van der Waals surface area contributed by atoms with E-state index in [-0.39, 0.29) is 12.3 Å². The largest absolute Gasteiger partial charge is 0.480 e. The van der Waals surface area contributed by atoms with Gasteiger partial charge in [-0.05, 0) is 25.0 Å². The molecule has 1 aromatic rings. The van der Waals surface area contributed by atoms with Gasteiger partial charge in [-0.3, -0.25) is 15.0 Å². The maximum absolute atomic E-state index is 12.4. The van der Waals surface area contributed by atoms with Crippen molar-refractivity contribution in [3.63, 3.8) is 0 Å². The number of carboxylic acids is 1. The zero-order chi connectivity index (χ0) is 18.2. The second-order valence-electron chi connectivity index (χ2n) is 5.30. The number of hydrogen-bond acceptors (Lipinski definition) is 5. The van der Waals surface area contributed by atoms with Crippen molar-refractivity contribution in [1.82, 2.24) is 15.8 Å². The molecule has 0 fully saturated rings. The third-order valence-corrected chi connectivity index (χ3v) is 3.44. The molecule has 1 aliphatic heterocycles. The van der Waals surface area contributed by atoms with Crippen molar-refractivity contribution in [2.45, 2.75) is 20.0 Å². The number of ether oxygens (including phenoxy) is 1. The van der Waals surface area contributed by atoms with Crippen molar-refractivity contribution in [2.75, 3.05) is 6.54 Å². The molecule has 8 nitrogen and oxygen atoms in total. The molecule has 1 aliphatic rings. The fraction of sp³-hybridized carbons (Fsp3) is 0.235. The summed E-state index contributed by atoms with van der Waals surface area (Å²) >= 11 is 0. The Kier molecular flexibility index (Phi) is 6.16. The van der Waals surface area contributed by atoms with Gasteiger partial charge in [0.2, 0.25) is 0 Å². The third-order valence-electron chi connectivity index (χ3n) is 3.44. The number of nitrogens with zero attached hydrogens (tertiary/aromatic N) is 1. The lowest BCUT2D eigenvalue weighted by Gasteiger charge is -2.21. The summed E-state index contributed by atoms with van der Waals surface area (Å²) in [4.78, 5) is 36.1. The summed E-state index contributed by atoms with van der Waals surface area (Å²) in [6.45, 7) is 1.28. The summed E-state index contributed by atoms with van der Waals surface area (Å²) in [5.74, 6) is -1.67. The number of carboxylic acid groups (broad SMARTS) is 1. The van der Waals surface area contributed by atoms with E-state index in [2.05, 4.69) is 10.9 Å². The van der Waals surface area contributed by atoms with Crippen LogP contribution >= 0.6 is 0 Å². The van der Waals surface area contributed by atoms with E-state index in [1.165, 1.54) is 0 Å². The number of carbonyl (C=O) groups is 3. The van der Waals surface area contributed by atoms with Crippen LogP contribution in [0.25, 0.3) is 0 Å². The number of nitrogens with one attached hydrogen (secondary N) is 2. The lowest BCUT2D eigenvalue weighted by Crippen LogP contribution is -2.44. The van der Waals surface area contributed by atoms with Crippen LogP contribution in [0.3, 0.4) is 0 Å². The number of allylic oxidation sites excluding steroid dienone is 3. The Balaban J connectivity index is 1.88. The van der Waals surface area contributed by atoms with Crippen molar-refractivity contribution < 1.29 is 24.2 Å². The van der Waals surface area contributed by atoms with Gasteiger partial charge < -0.3 is 14.7 Å². The minimum Gasteiger partial charge on any atom is -0.480 e. The number of benzene rings is 1. The quantitative estimate of drug-likeness (QED) is 0.675. The lowest BCUT2D eigenvalue weighted by atomic mass is 10.2. The van der Waals surface area contributed by atoms with E-state index >= 15 is 0 Å². The highest BCUT2D eigenvalue weighted by atomic mass is 16.6. The summed E-state index contributed by atoms with van der Waals surface area (Å²) in [5.41, 5.74) is 6.20. The molecule has 8 heteroatoms. The van der Waals surface area contributed by atoms with Crippen LogP contribution in [-0.2, 0) is 20.9 Å². The Bertz CT molecular complexity index is 712. The predicted octanol–water partition coefficient (Wildman–Crippen LogP) is 1.52. The fourth-order valence-corrected chi connectivity index (χ4v) is 2.16. The third kappa shape index (κ3) is 5.38. The Morgan fingerprint density at radius 1 is 1.24 bits per heavy atom. The van der Waals surface area contributed by atoms with Crippen LogP contribution in [0.5, 0.6) is 0 Å². The summed E-state index contributed by atoms with van der Waals surface area (Å²) in [6, 6.07) is 9.15. The van der Waals surface area contributed by atoms with E-state index < -0.39 is 24.5 Å². The Morgan fingerprint density at radius 3 is 2.64 bits per heavy atom. The molecule has 0 spiro atoms. The van der Waals surface area contributed by atoms with E-state index in [4.69, 9.17) is 9.84 Å². The van der Waals surface area contributed by atoms with E-state index in [0.29, 0.717) is 12.1 Å². The van der Waals surface area contributed by atoms with Gasteiger partial charge in [0.15, 0.2) is 0 Å². The highest BCUT2D eigenvalue weighted by Crippen LogP contribution is 2.14. The molecule has 0 aromatic heterocycles. The van der Waals surface area contributed by atoms with Gasteiger partial charge in [-0.25, -0.2) is 10.2 Å². The topological polar surface area (TPSA) is 108 Å². The number of carbonyl (C=O) groups excluding carboxylic acids is 2. The van der Waals surface area contributed by atoms with Gasteiger partial charge in [0, 0.05) is 5.70 Å². The van der Waals surface area contributed by atoms with Crippen LogP contribution < -0.4 is 10.9 Å². The van der Waals surface area contributed by atoms with E-state index in [9.17, 15) is 14.4 Å². The molecule has 3 N–H and O–H groups in total. The molecule has 1 aromatic carbocycles. The second kappa shape index (κ2) is 8.53. The predicted molar refractivity (Wildman–Crippen MR) is 88.7 cm³/mol.